The largest absolute Gasteiger partial charge is 0.496 e. The molecule has 26 heavy (non-hydrogen) atoms. The van der Waals surface area contributed by atoms with Crippen LogP contribution in [0.5, 0.6) is 5.75 Å². The quantitative estimate of drug-likeness (QED) is 0.844. The summed E-state index contributed by atoms with van der Waals surface area (Å²) in [4.78, 5) is 21.4. The number of para-hydroxylation sites is 1. The molecule has 6 nitrogen and oxygen atoms in total. The van der Waals surface area contributed by atoms with Crippen molar-refractivity contribution in [2.75, 3.05) is 27.2 Å². The topological polar surface area (TPSA) is 58.8 Å². The molecule has 0 unspecified atom stereocenters. The third-order valence-electron chi connectivity index (χ3n) is 5.64. The number of ether oxygens (including phenoxy) is 1. The minimum atomic E-state index is 0.111. The van der Waals surface area contributed by atoms with E-state index in [1.165, 1.54) is 0 Å². The number of carbonyl (C=O) groups excluding carboxylic acids is 1. The fourth-order valence-electron chi connectivity index (χ4n) is 4.10. The van der Waals surface area contributed by atoms with Crippen LogP contribution in [0.25, 0.3) is 11.5 Å². The number of amides is 1. The molecule has 0 spiro atoms. The maximum absolute atomic E-state index is 12.4. The molecule has 3 saturated heterocycles. The summed E-state index contributed by atoms with van der Waals surface area (Å²) in [6.07, 6.45) is 2.09. The maximum Gasteiger partial charge on any atom is 0.230 e. The number of hydrogen-bond donors (Lipinski definition) is 0. The van der Waals surface area contributed by atoms with Gasteiger partial charge in [0.05, 0.1) is 24.3 Å². The average Bonchev–Trinajstić information content (AvgIpc) is 2.83. The van der Waals surface area contributed by atoms with Crippen LogP contribution in [0, 0.1) is 12.8 Å². The first-order valence-electron chi connectivity index (χ1n) is 9.15. The van der Waals surface area contributed by atoms with E-state index in [1.807, 2.05) is 43.1 Å². The summed E-state index contributed by atoms with van der Waals surface area (Å²) in [7, 11) is 3.58. The summed E-state index contributed by atoms with van der Waals surface area (Å²) in [6, 6.07) is 8.04. The Morgan fingerprint density at radius 2 is 2.08 bits per heavy atom. The standard InChI is InChI=1S/C20H25N3O3/c1-13-17(21-19(26-13)16-6-4-5-7-18(16)25-3)12-23-10-14-8-9-15(11-23)22(2)20(14)24/h4-7,14-15H,8-12H2,1-3H3/t14-,15+/m1/s1. The van der Waals surface area contributed by atoms with Crippen molar-refractivity contribution in [3.05, 3.63) is 35.7 Å². The highest BCUT2D eigenvalue weighted by molar-refractivity contribution is 5.80. The van der Waals surface area contributed by atoms with Crippen molar-refractivity contribution in [3.8, 4) is 17.2 Å². The number of methoxy groups -OCH3 is 1. The fraction of sp³-hybridized carbons (Fsp3) is 0.500. The third-order valence-corrected chi connectivity index (χ3v) is 5.64. The molecular weight excluding hydrogens is 330 g/mol. The van der Waals surface area contributed by atoms with Gasteiger partial charge in [0, 0.05) is 32.7 Å². The normalized spacial score (nSPS) is 23.3. The van der Waals surface area contributed by atoms with Crippen molar-refractivity contribution >= 4 is 5.91 Å². The van der Waals surface area contributed by atoms with Crippen molar-refractivity contribution in [2.45, 2.75) is 32.4 Å². The van der Waals surface area contributed by atoms with Gasteiger partial charge < -0.3 is 14.1 Å². The van der Waals surface area contributed by atoms with E-state index in [1.54, 1.807) is 7.11 Å². The Kier molecular flexibility index (Phi) is 4.44. The van der Waals surface area contributed by atoms with Gasteiger partial charge in [-0.2, -0.15) is 0 Å². The average molecular weight is 355 g/mol. The second-order valence-electron chi connectivity index (χ2n) is 7.29. The SMILES string of the molecule is COc1ccccc1-c1nc(CN2C[C@H]3CC[C@@H](C2)N(C)C3=O)c(C)o1. The second-order valence-corrected chi connectivity index (χ2v) is 7.29. The summed E-state index contributed by atoms with van der Waals surface area (Å²) < 4.78 is 11.4. The minimum absolute atomic E-state index is 0.111. The molecule has 6 heteroatoms. The number of oxazole rings is 1. The van der Waals surface area contributed by atoms with Crippen LogP contribution in [0.2, 0.25) is 0 Å². The Balaban J connectivity index is 1.56. The molecule has 1 amide bonds. The van der Waals surface area contributed by atoms with Crippen LogP contribution in [0.15, 0.2) is 28.7 Å². The molecule has 0 N–H and O–H groups in total. The molecule has 0 saturated carbocycles. The maximum atomic E-state index is 12.4. The first-order chi connectivity index (χ1) is 12.6. The predicted octanol–water partition coefficient (Wildman–Crippen LogP) is 2.71. The smallest absolute Gasteiger partial charge is 0.230 e. The Morgan fingerprint density at radius 3 is 2.88 bits per heavy atom. The zero-order valence-electron chi connectivity index (χ0n) is 15.6. The van der Waals surface area contributed by atoms with Crippen LogP contribution >= 0.6 is 0 Å². The highest BCUT2D eigenvalue weighted by Gasteiger charge is 2.38. The lowest BCUT2D eigenvalue weighted by Crippen LogP contribution is -2.45. The molecule has 138 valence electrons. The van der Waals surface area contributed by atoms with Crippen molar-refractivity contribution < 1.29 is 13.9 Å². The summed E-state index contributed by atoms with van der Waals surface area (Å²) in [5, 5.41) is 0. The van der Waals surface area contributed by atoms with Crippen LogP contribution in [-0.2, 0) is 11.3 Å². The third kappa shape index (κ3) is 2.98. The van der Waals surface area contributed by atoms with Gasteiger partial charge in [0.15, 0.2) is 0 Å². The molecule has 2 bridgehead atoms. The van der Waals surface area contributed by atoms with E-state index in [-0.39, 0.29) is 11.8 Å². The van der Waals surface area contributed by atoms with Crippen LogP contribution < -0.4 is 4.74 Å². The molecule has 3 aliphatic rings. The van der Waals surface area contributed by atoms with E-state index in [2.05, 4.69) is 4.90 Å². The number of hydrogen-bond acceptors (Lipinski definition) is 5. The Labute approximate surface area is 153 Å². The van der Waals surface area contributed by atoms with Gasteiger partial charge in [-0.25, -0.2) is 4.98 Å². The van der Waals surface area contributed by atoms with Crippen molar-refractivity contribution in [2.24, 2.45) is 5.92 Å². The van der Waals surface area contributed by atoms with Crippen molar-refractivity contribution in [1.82, 2.24) is 14.8 Å². The number of carbonyl (C=O) groups is 1. The molecule has 0 radical (unpaired) electrons. The van der Waals surface area contributed by atoms with Gasteiger partial charge in [0.1, 0.15) is 11.5 Å². The Morgan fingerprint density at radius 1 is 1.27 bits per heavy atom. The summed E-state index contributed by atoms with van der Waals surface area (Å²) >= 11 is 0. The fourth-order valence-corrected chi connectivity index (χ4v) is 4.10. The molecule has 2 aromatic rings. The number of rotatable bonds is 4. The number of likely N-dealkylation sites (N-methyl/N-ethyl adjacent to an activating group) is 1. The highest BCUT2D eigenvalue weighted by atomic mass is 16.5. The van der Waals surface area contributed by atoms with Gasteiger partial charge in [-0.05, 0) is 31.9 Å². The first-order valence-corrected chi connectivity index (χ1v) is 9.15. The molecular formula is C20H25N3O3. The molecule has 5 rings (SSSR count). The minimum Gasteiger partial charge on any atom is -0.496 e. The molecule has 3 fully saturated rings. The van der Waals surface area contributed by atoms with Gasteiger partial charge in [-0.3, -0.25) is 9.69 Å². The lowest BCUT2D eigenvalue weighted by Gasteiger charge is -2.32. The van der Waals surface area contributed by atoms with Gasteiger partial charge in [-0.15, -0.1) is 0 Å². The number of aromatic nitrogens is 1. The number of piperidine rings is 1. The van der Waals surface area contributed by atoms with E-state index < -0.39 is 0 Å². The summed E-state index contributed by atoms with van der Waals surface area (Å²) in [5.74, 6) is 2.55. The Bertz CT molecular complexity index is 816. The van der Waals surface area contributed by atoms with E-state index in [9.17, 15) is 4.79 Å². The molecule has 2 atom stereocenters. The van der Waals surface area contributed by atoms with Gasteiger partial charge in [0.25, 0.3) is 0 Å². The van der Waals surface area contributed by atoms with E-state index in [4.69, 9.17) is 14.1 Å². The van der Waals surface area contributed by atoms with Crippen LogP contribution in [-0.4, -0.2) is 54.0 Å². The summed E-state index contributed by atoms with van der Waals surface area (Å²) in [5.41, 5.74) is 1.79. The van der Waals surface area contributed by atoms with E-state index >= 15 is 0 Å². The van der Waals surface area contributed by atoms with Gasteiger partial charge >= 0.3 is 0 Å². The molecule has 0 aliphatic carbocycles. The number of aryl methyl sites for hydroxylation is 1. The van der Waals surface area contributed by atoms with Gasteiger partial charge in [-0.1, -0.05) is 12.1 Å². The number of benzene rings is 1. The number of fused-ring (bicyclic) bond motifs is 4. The van der Waals surface area contributed by atoms with Gasteiger partial charge in [0.2, 0.25) is 11.8 Å². The predicted molar refractivity (Wildman–Crippen MR) is 97.8 cm³/mol. The molecule has 1 aromatic carbocycles. The second kappa shape index (κ2) is 6.76. The molecule has 1 aromatic heterocycles. The van der Waals surface area contributed by atoms with Crippen LogP contribution in [0.4, 0.5) is 0 Å². The highest BCUT2D eigenvalue weighted by Crippen LogP contribution is 2.32. The van der Waals surface area contributed by atoms with Crippen molar-refractivity contribution in [1.29, 1.82) is 0 Å². The zero-order valence-corrected chi connectivity index (χ0v) is 15.6. The van der Waals surface area contributed by atoms with Crippen LogP contribution in [0.3, 0.4) is 0 Å². The zero-order chi connectivity index (χ0) is 18.3. The molecule has 3 aliphatic heterocycles. The Hall–Kier alpha value is -2.34. The van der Waals surface area contributed by atoms with E-state index in [0.717, 1.165) is 48.7 Å². The molecule has 4 heterocycles. The van der Waals surface area contributed by atoms with Crippen molar-refractivity contribution in [3.63, 3.8) is 0 Å². The van der Waals surface area contributed by atoms with E-state index in [0.29, 0.717) is 18.5 Å². The van der Waals surface area contributed by atoms with Crippen LogP contribution in [0.1, 0.15) is 24.3 Å². The summed E-state index contributed by atoms with van der Waals surface area (Å²) in [6.45, 7) is 4.36. The lowest BCUT2D eigenvalue weighted by molar-refractivity contribution is -0.138. The first kappa shape index (κ1) is 17.1. The monoisotopic (exact) mass is 355 g/mol. The lowest BCUT2D eigenvalue weighted by atomic mass is 9.95. The number of nitrogens with zero attached hydrogens (tertiary/aromatic N) is 3.